The van der Waals surface area contributed by atoms with Gasteiger partial charge in [-0.3, -0.25) is 0 Å². The lowest BCUT2D eigenvalue weighted by Gasteiger charge is -2.15. The highest BCUT2D eigenvalue weighted by Crippen LogP contribution is 2.07. The van der Waals surface area contributed by atoms with Gasteiger partial charge in [-0.2, -0.15) is 0 Å². The highest BCUT2D eigenvalue weighted by molar-refractivity contribution is 6.43. The summed E-state index contributed by atoms with van der Waals surface area (Å²) in [5.74, 6) is -1.18. The van der Waals surface area contributed by atoms with Crippen molar-refractivity contribution in [3.63, 3.8) is 0 Å². The summed E-state index contributed by atoms with van der Waals surface area (Å²) in [4.78, 5) is 24.1. The molecule has 0 heterocycles. The zero-order chi connectivity index (χ0) is 16.5. The normalized spacial score (nSPS) is 10.1. The summed E-state index contributed by atoms with van der Waals surface area (Å²) in [5, 5.41) is 0. The quantitative estimate of drug-likeness (QED) is 0.577. The lowest BCUT2D eigenvalue weighted by molar-refractivity contribution is 0.0467. The van der Waals surface area contributed by atoms with Crippen LogP contribution in [-0.2, 0) is 13.3 Å². The molecule has 0 aliphatic carbocycles. The molecule has 2 aromatic carbocycles. The van der Waals surface area contributed by atoms with Gasteiger partial charge in [0.25, 0.3) is 0 Å². The Bertz CT molecular complexity index is 604. The van der Waals surface area contributed by atoms with E-state index in [0.717, 1.165) is 0 Å². The maximum atomic E-state index is 12.1. The number of hydrogen-bond acceptors (Lipinski definition) is 5. The molecule has 5 nitrogen and oxygen atoms in total. The molecule has 0 amide bonds. The molecular weight excluding hydrogens is 312 g/mol. The molecule has 23 heavy (non-hydrogen) atoms. The minimum absolute atomic E-state index is 0.126. The SMILES string of the molecule is C=CCO[SiH](OC(=O)c1ccccc1)OC(=O)c1ccccc1. The van der Waals surface area contributed by atoms with E-state index in [1.165, 1.54) is 6.08 Å². The van der Waals surface area contributed by atoms with E-state index in [1.54, 1.807) is 60.7 Å². The van der Waals surface area contributed by atoms with Crippen LogP contribution in [0.4, 0.5) is 0 Å². The van der Waals surface area contributed by atoms with Crippen molar-refractivity contribution in [2.75, 3.05) is 6.61 Å². The molecule has 0 saturated carbocycles. The van der Waals surface area contributed by atoms with Crippen molar-refractivity contribution in [3.05, 3.63) is 84.4 Å². The maximum Gasteiger partial charge on any atom is 0.620 e. The van der Waals surface area contributed by atoms with Crippen LogP contribution in [-0.4, -0.2) is 28.1 Å². The van der Waals surface area contributed by atoms with Crippen molar-refractivity contribution in [2.24, 2.45) is 0 Å². The Morgan fingerprint density at radius 1 is 0.870 bits per heavy atom. The van der Waals surface area contributed by atoms with Crippen LogP contribution in [0.15, 0.2) is 73.3 Å². The standard InChI is InChI=1S/C17H16O5Si/c1-2-13-20-23(21-16(18)14-9-5-3-6-10-14)22-17(19)15-11-7-4-8-12-15/h2-12,23H,1,13H2. The summed E-state index contributed by atoms with van der Waals surface area (Å²) in [6, 6.07) is 16.9. The monoisotopic (exact) mass is 328 g/mol. The van der Waals surface area contributed by atoms with Crippen LogP contribution in [0.1, 0.15) is 20.7 Å². The summed E-state index contributed by atoms with van der Waals surface area (Å²) in [5.41, 5.74) is 0.728. The van der Waals surface area contributed by atoms with Gasteiger partial charge in [0, 0.05) is 0 Å². The smallest absolute Gasteiger partial charge is 0.463 e. The average molecular weight is 328 g/mol. The third-order valence-corrected chi connectivity index (χ3v) is 4.05. The Labute approximate surface area is 136 Å². The molecule has 0 unspecified atom stereocenters. The molecular formula is C17H16O5Si. The van der Waals surface area contributed by atoms with Crippen molar-refractivity contribution >= 4 is 21.5 Å². The van der Waals surface area contributed by atoms with Gasteiger partial charge in [0.05, 0.1) is 17.7 Å². The molecule has 0 bridgehead atoms. The summed E-state index contributed by atoms with van der Waals surface area (Å²) in [6.07, 6.45) is 1.49. The Kier molecular flexibility index (Phi) is 6.28. The fraction of sp³-hybridized carbons (Fsp3) is 0.0588. The summed E-state index contributed by atoms with van der Waals surface area (Å²) >= 11 is 0. The molecule has 0 N–H and O–H groups in total. The molecule has 0 fully saturated rings. The van der Waals surface area contributed by atoms with Gasteiger partial charge in [-0.05, 0) is 24.3 Å². The molecule has 2 aromatic rings. The minimum Gasteiger partial charge on any atom is -0.463 e. The second-order valence-electron chi connectivity index (χ2n) is 4.45. The first kappa shape index (κ1) is 16.7. The predicted octanol–water partition coefficient (Wildman–Crippen LogP) is 2.62. The van der Waals surface area contributed by atoms with Gasteiger partial charge in [-0.25, -0.2) is 9.59 Å². The molecule has 0 aromatic heterocycles. The molecule has 0 spiro atoms. The van der Waals surface area contributed by atoms with Gasteiger partial charge < -0.3 is 13.3 Å². The number of carbonyl (C=O) groups is 2. The molecule has 2 rings (SSSR count). The van der Waals surface area contributed by atoms with Crippen LogP contribution in [0.5, 0.6) is 0 Å². The summed E-state index contributed by atoms with van der Waals surface area (Å²) in [7, 11) is -2.98. The van der Waals surface area contributed by atoms with E-state index in [9.17, 15) is 9.59 Å². The Balaban J connectivity index is 2.03. The van der Waals surface area contributed by atoms with E-state index in [-0.39, 0.29) is 6.61 Å². The van der Waals surface area contributed by atoms with Crippen LogP contribution in [0, 0.1) is 0 Å². The van der Waals surface area contributed by atoms with Crippen molar-refractivity contribution in [1.29, 1.82) is 0 Å². The lowest BCUT2D eigenvalue weighted by Crippen LogP contribution is -2.32. The summed E-state index contributed by atoms with van der Waals surface area (Å²) < 4.78 is 15.7. The van der Waals surface area contributed by atoms with Gasteiger partial charge in [0.1, 0.15) is 0 Å². The molecule has 0 aliphatic rings. The van der Waals surface area contributed by atoms with E-state index in [1.807, 2.05) is 0 Å². The van der Waals surface area contributed by atoms with Crippen LogP contribution < -0.4 is 0 Å². The van der Waals surface area contributed by atoms with Gasteiger partial charge in [0.15, 0.2) is 0 Å². The second kappa shape index (κ2) is 8.67. The highest BCUT2D eigenvalue weighted by Gasteiger charge is 2.26. The number of benzene rings is 2. The largest absolute Gasteiger partial charge is 0.620 e. The number of carbonyl (C=O) groups excluding carboxylic acids is 2. The van der Waals surface area contributed by atoms with Crippen molar-refractivity contribution in [1.82, 2.24) is 0 Å². The topological polar surface area (TPSA) is 61.8 Å². The predicted molar refractivity (Wildman–Crippen MR) is 87.0 cm³/mol. The third kappa shape index (κ3) is 5.21. The Morgan fingerprint density at radius 3 is 1.70 bits per heavy atom. The van der Waals surface area contributed by atoms with Gasteiger partial charge >= 0.3 is 21.5 Å². The molecule has 0 saturated heterocycles. The zero-order valence-corrected chi connectivity index (χ0v) is 13.5. The fourth-order valence-electron chi connectivity index (χ4n) is 1.70. The van der Waals surface area contributed by atoms with Crippen LogP contribution in [0.25, 0.3) is 0 Å². The number of hydrogen-bond donors (Lipinski definition) is 0. The van der Waals surface area contributed by atoms with E-state index >= 15 is 0 Å². The highest BCUT2D eigenvalue weighted by atomic mass is 28.3. The minimum atomic E-state index is -2.98. The first-order valence-corrected chi connectivity index (χ1v) is 8.36. The maximum absolute atomic E-state index is 12.1. The lowest BCUT2D eigenvalue weighted by atomic mass is 10.2. The van der Waals surface area contributed by atoms with Gasteiger partial charge in [-0.1, -0.05) is 42.5 Å². The molecule has 0 aliphatic heterocycles. The zero-order valence-electron chi connectivity index (χ0n) is 12.4. The van der Waals surface area contributed by atoms with Crippen molar-refractivity contribution in [3.8, 4) is 0 Å². The molecule has 118 valence electrons. The van der Waals surface area contributed by atoms with E-state index in [0.29, 0.717) is 11.1 Å². The first-order valence-electron chi connectivity index (χ1n) is 6.95. The molecule has 0 atom stereocenters. The van der Waals surface area contributed by atoms with Crippen LogP contribution in [0.2, 0.25) is 0 Å². The van der Waals surface area contributed by atoms with Crippen molar-refractivity contribution in [2.45, 2.75) is 0 Å². The fourth-order valence-corrected chi connectivity index (χ4v) is 2.80. The second-order valence-corrected chi connectivity index (χ2v) is 5.84. The van der Waals surface area contributed by atoms with Gasteiger partial charge in [0.2, 0.25) is 0 Å². The van der Waals surface area contributed by atoms with Crippen molar-refractivity contribution < 1.29 is 22.9 Å². The number of rotatable bonds is 7. The van der Waals surface area contributed by atoms with E-state index < -0.39 is 21.5 Å². The third-order valence-electron chi connectivity index (χ3n) is 2.78. The van der Waals surface area contributed by atoms with Crippen LogP contribution in [0.3, 0.4) is 0 Å². The molecule has 0 radical (unpaired) electrons. The molecule has 6 heteroatoms. The summed E-state index contributed by atoms with van der Waals surface area (Å²) in [6.45, 7) is 3.65. The van der Waals surface area contributed by atoms with Gasteiger partial charge in [-0.15, -0.1) is 6.58 Å². The van der Waals surface area contributed by atoms with E-state index in [2.05, 4.69) is 6.58 Å². The Hall–Kier alpha value is -2.70. The first-order chi connectivity index (χ1) is 11.2. The Morgan fingerprint density at radius 2 is 1.30 bits per heavy atom. The van der Waals surface area contributed by atoms with E-state index in [4.69, 9.17) is 13.3 Å². The van der Waals surface area contributed by atoms with Crippen LogP contribution >= 0.6 is 0 Å². The average Bonchev–Trinajstić information content (AvgIpc) is 2.61.